The molecule has 2 N–H and O–H groups in total. The van der Waals surface area contributed by atoms with Crippen molar-refractivity contribution >= 4 is 0 Å². The van der Waals surface area contributed by atoms with Crippen molar-refractivity contribution in [3.05, 3.63) is 29.8 Å². The molecule has 0 aliphatic carbocycles. The predicted octanol–water partition coefficient (Wildman–Crippen LogP) is 2.36. The van der Waals surface area contributed by atoms with E-state index in [0.29, 0.717) is 11.8 Å². The van der Waals surface area contributed by atoms with E-state index in [1.54, 1.807) is 6.07 Å². The number of piperidine rings is 1. The van der Waals surface area contributed by atoms with E-state index in [0.717, 1.165) is 26.2 Å². The first-order chi connectivity index (χ1) is 8.79. The van der Waals surface area contributed by atoms with Gasteiger partial charge in [-0.2, -0.15) is 0 Å². The number of hydrogen-bond donors (Lipinski definition) is 2. The first-order valence-electron chi connectivity index (χ1n) is 7.02. The second-order valence-corrected chi connectivity index (χ2v) is 5.12. The Kier molecular flexibility index (Phi) is 5.02. The molecule has 0 saturated carbocycles. The van der Waals surface area contributed by atoms with Gasteiger partial charge in [0, 0.05) is 12.6 Å². The lowest BCUT2D eigenvalue weighted by molar-refractivity contribution is 0.154. The van der Waals surface area contributed by atoms with Crippen LogP contribution < -0.4 is 5.32 Å². The van der Waals surface area contributed by atoms with Crippen LogP contribution in [0.5, 0.6) is 5.75 Å². The third-order valence-corrected chi connectivity index (χ3v) is 3.63. The smallest absolute Gasteiger partial charge is 0.115 e. The molecule has 1 aromatic rings. The number of aromatic hydroxyl groups is 1. The van der Waals surface area contributed by atoms with Crippen LogP contribution in [0.15, 0.2) is 24.3 Å². The molecule has 1 heterocycles. The first-order valence-corrected chi connectivity index (χ1v) is 7.02. The predicted molar refractivity (Wildman–Crippen MR) is 74.7 cm³/mol. The number of phenols is 1. The molecule has 0 unspecified atom stereocenters. The molecule has 18 heavy (non-hydrogen) atoms. The van der Waals surface area contributed by atoms with Crippen molar-refractivity contribution in [3.8, 4) is 5.75 Å². The minimum absolute atomic E-state index is 0.370. The Morgan fingerprint density at radius 3 is 2.78 bits per heavy atom. The van der Waals surface area contributed by atoms with E-state index in [9.17, 15) is 5.11 Å². The largest absolute Gasteiger partial charge is 0.508 e. The van der Waals surface area contributed by atoms with Gasteiger partial charge in [0.2, 0.25) is 0 Å². The van der Waals surface area contributed by atoms with Crippen molar-refractivity contribution in [2.75, 3.05) is 19.6 Å². The highest BCUT2D eigenvalue weighted by Gasteiger charge is 2.20. The lowest BCUT2D eigenvalue weighted by Gasteiger charge is -2.34. The van der Waals surface area contributed by atoms with Crippen molar-refractivity contribution in [2.24, 2.45) is 0 Å². The molecular weight excluding hydrogens is 224 g/mol. The Morgan fingerprint density at radius 1 is 1.33 bits per heavy atom. The quantitative estimate of drug-likeness (QED) is 0.839. The zero-order valence-corrected chi connectivity index (χ0v) is 11.2. The molecular formula is C15H24N2O. The minimum atomic E-state index is 0.370. The molecule has 1 aromatic carbocycles. The average Bonchev–Trinajstić information content (AvgIpc) is 2.39. The summed E-state index contributed by atoms with van der Waals surface area (Å²) in [5.74, 6) is 0.370. The lowest BCUT2D eigenvalue weighted by Crippen LogP contribution is -2.43. The Morgan fingerprint density at radius 2 is 2.11 bits per heavy atom. The molecule has 1 saturated heterocycles. The van der Waals surface area contributed by atoms with Gasteiger partial charge in [-0.25, -0.2) is 0 Å². The maximum absolute atomic E-state index is 9.54. The Labute approximate surface area is 110 Å². The summed E-state index contributed by atoms with van der Waals surface area (Å²) in [7, 11) is 0. The SMILES string of the molecule is CCCN(Cc1cccc(O)c1)C1CCNCC1. The van der Waals surface area contributed by atoms with E-state index in [1.807, 2.05) is 12.1 Å². The topological polar surface area (TPSA) is 35.5 Å². The Balaban J connectivity index is 2.00. The first kappa shape index (κ1) is 13.4. The van der Waals surface area contributed by atoms with E-state index >= 15 is 0 Å². The van der Waals surface area contributed by atoms with E-state index in [1.165, 1.54) is 24.8 Å². The summed E-state index contributed by atoms with van der Waals surface area (Å²) in [6, 6.07) is 8.33. The van der Waals surface area contributed by atoms with Crippen LogP contribution in [0.25, 0.3) is 0 Å². The fourth-order valence-electron chi connectivity index (χ4n) is 2.74. The Bertz CT molecular complexity index is 361. The molecule has 0 amide bonds. The van der Waals surface area contributed by atoms with Gasteiger partial charge in [0.1, 0.15) is 5.75 Å². The molecule has 1 fully saturated rings. The van der Waals surface area contributed by atoms with Crippen LogP contribution in [-0.4, -0.2) is 35.7 Å². The third kappa shape index (κ3) is 3.72. The Hall–Kier alpha value is -1.06. The molecule has 0 spiro atoms. The van der Waals surface area contributed by atoms with Crippen molar-refractivity contribution in [1.29, 1.82) is 0 Å². The van der Waals surface area contributed by atoms with Gasteiger partial charge in [-0.15, -0.1) is 0 Å². The van der Waals surface area contributed by atoms with Crippen LogP contribution in [0.4, 0.5) is 0 Å². The maximum atomic E-state index is 9.54. The van der Waals surface area contributed by atoms with Crippen LogP contribution in [0.3, 0.4) is 0 Å². The highest BCUT2D eigenvalue weighted by atomic mass is 16.3. The fourth-order valence-corrected chi connectivity index (χ4v) is 2.74. The summed E-state index contributed by atoms with van der Waals surface area (Å²) in [5, 5.41) is 13.0. The van der Waals surface area contributed by atoms with Gasteiger partial charge in [0.15, 0.2) is 0 Å². The van der Waals surface area contributed by atoms with Crippen LogP contribution >= 0.6 is 0 Å². The molecule has 100 valence electrons. The van der Waals surface area contributed by atoms with Gasteiger partial charge in [0.25, 0.3) is 0 Å². The van der Waals surface area contributed by atoms with Crippen molar-refractivity contribution in [3.63, 3.8) is 0 Å². The van der Waals surface area contributed by atoms with Crippen LogP contribution in [0, 0.1) is 0 Å². The highest BCUT2D eigenvalue weighted by molar-refractivity contribution is 5.27. The van der Waals surface area contributed by atoms with Crippen molar-refractivity contribution in [2.45, 2.75) is 38.8 Å². The lowest BCUT2D eigenvalue weighted by atomic mass is 10.0. The van der Waals surface area contributed by atoms with Gasteiger partial charge >= 0.3 is 0 Å². The van der Waals surface area contributed by atoms with E-state index in [-0.39, 0.29) is 0 Å². The van der Waals surface area contributed by atoms with Gasteiger partial charge < -0.3 is 10.4 Å². The second-order valence-electron chi connectivity index (χ2n) is 5.12. The number of nitrogens with zero attached hydrogens (tertiary/aromatic N) is 1. The highest BCUT2D eigenvalue weighted by Crippen LogP contribution is 2.18. The van der Waals surface area contributed by atoms with Gasteiger partial charge in [0.05, 0.1) is 0 Å². The van der Waals surface area contributed by atoms with Crippen LogP contribution in [-0.2, 0) is 6.54 Å². The van der Waals surface area contributed by atoms with Gasteiger partial charge in [-0.05, 0) is 56.6 Å². The summed E-state index contributed by atoms with van der Waals surface area (Å²) in [6.07, 6.45) is 3.65. The molecule has 0 atom stereocenters. The van der Waals surface area contributed by atoms with Crippen molar-refractivity contribution in [1.82, 2.24) is 10.2 Å². The summed E-state index contributed by atoms with van der Waals surface area (Å²) in [4.78, 5) is 2.57. The molecule has 3 nitrogen and oxygen atoms in total. The summed E-state index contributed by atoms with van der Waals surface area (Å²) in [5.41, 5.74) is 1.21. The molecule has 3 heteroatoms. The molecule has 0 bridgehead atoms. The van der Waals surface area contributed by atoms with Crippen LogP contribution in [0.2, 0.25) is 0 Å². The van der Waals surface area contributed by atoms with E-state index in [2.05, 4.69) is 23.2 Å². The molecule has 1 aliphatic rings. The summed E-state index contributed by atoms with van der Waals surface area (Å²) >= 11 is 0. The maximum Gasteiger partial charge on any atom is 0.115 e. The average molecular weight is 248 g/mol. The standard InChI is InChI=1S/C15H24N2O/c1-2-10-17(14-6-8-16-9-7-14)12-13-4-3-5-15(18)11-13/h3-5,11,14,16,18H,2,6-10,12H2,1H3. The monoisotopic (exact) mass is 248 g/mol. The minimum Gasteiger partial charge on any atom is -0.508 e. The third-order valence-electron chi connectivity index (χ3n) is 3.63. The zero-order chi connectivity index (χ0) is 12.8. The second kappa shape index (κ2) is 6.76. The van der Waals surface area contributed by atoms with E-state index < -0.39 is 0 Å². The molecule has 0 aromatic heterocycles. The normalized spacial score (nSPS) is 17.2. The zero-order valence-electron chi connectivity index (χ0n) is 11.2. The van der Waals surface area contributed by atoms with E-state index in [4.69, 9.17) is 0 Å². The number of phenolic OH excluding ortho intramolecular Hbond substituents is 1. The van der Waals surface area contributed by atoms with Gasteiger partial charge in [-0.1, -0.05) is 19.1 Å². The van der Waals surface area contributed by atoms with Crippen LogP contribution in [0.1, 0.15) is 31.7 Å². The summed E-state index contributed by atoms with van der Waals surface area (Å²) < 4.78 is 0. The number of rotatable bonds is 5. The number of benzene rings is 1. The summed E-state index contributed by atoms with van der Waals surface area (Å²) in [6.45, 7) is 6.58. The molecule has 0 radical (unpaired) electrons. The fraction of sp³-hybridized carbons (Fsp3) is 0.600. The number of nitrogens with one attached hydrogen (secondary N) is 1. The number of hydrogen-bond acceptors (Lipinski definition) is 3. The molecule has 2 rings (SSSR count). The van der Waals surface area contributed by atoms with Crippen molar-refractivity contribution < 1.29 is 5.11 Å². The molecule has 1 aliphatic heterocycles. The van der Waals surface area contributed by atoms with Gasteiger partial charge in [-0.3, -0.25) is 4.90 Å².